The molecule has 2 rings (SSSR count). The van der Waals surface area contributed by atoms with Gasteiger partial charge in [-0.05, 0) is 35.2 Å². The Labute approximate surface area is 132 Å². The lowest BCUT2D eigenvalue weighted by Crippen LogP contribution is -2.21. The van der Waals surface area contributed by atoms with Crippen LogP contribution in [-0.4, -0.2) is 6.11 Å². The zero-order valence-electron chi connectivity index (χ0n) is 12.5. The SMILES string of the molecule is CCCc1ccc(-c2ccc(OC(F)(F)C=C(F)F)cc2)cc1. The zero-order chi connectivity index (χ0) is 16.9. The Morgan fingerprint density at radius 3 is 1.96 bits per heavy atom. The van der Waals surface area contributed by atoms with Gasteiger partial charge in [-0.1, -0.05) is 49.7 Å². The highest BCUT2D eigenvalue weighted by Gasteiger charge is 2.30. The monoisotopic (exact) mass is 324 g/mol. The third-order valence-electron chi connectivity index (χ3n) is 3.21. The number of rotatable bonds is 6. The van der Waals surface area contributed by atoms with Crippen molar-refractivity contribution >= 4 is 0 Å². The summed E-state index contributed by atoms with van der Waals surface area (Å²) in [5.74, 6) is -0.182. The lowest BCUT2D eigenvalue weighted by molar-refractivity contribution is -0.133. The lowest BCUT2D eigenvalue weighted by atomic mass is 10.0. The van der Waals surface area contributed by atoms with E-state index in [4.69, 9.17) is 0 Å². The summed E-state index contributed by atoms with van der Waals surface area (Å²) in [5.41, 5.74) is 3.00. The van der Waals surface area contributed by atoms with E-state index in [0.717, 1.165) is 24.0 Å². The Bertz CT molecular complexity index is 656. The Kier molecular flexibility index (Phi) is 5.42. The molecule has 0 saturated carbocycles. The first-order valence-corrected chi connectivity index (χ1v) is 7.19. The van der Waals surface area contributed by atoms with Crippen molar-refractivity contribution in [1.29, 1.82) is 0 Å². The molecule has 1 nitrogen and oxygen atoms in total. The van der Waals surface area contributed by atoms with Gasteiger partial charge < -0.3 is 4.74 Å². The fourth-order valence-corrected chi connectivity index (χ4v) is 2.18. The summed E-state index contributed by atoms with van der Waals surface area (Å²) in [4.78, 5) is 0. The lowest BCUT2D eigenvalue weighted by Gasteiger charge is -2.14. The summed E-state index contributed by atoms with van der Waals surface area (Å²) in [7, 11) is 0. The molecule has 5 heteroatoms. The molecule has 0 saturated heterocycles. The molecule has 2 aromatic rings. The van der Waals surface area contributed by atoms with Gasteiger partial charge in [-0.25, -0.2) is 0 Å². The molecule has 122 valence electrons. The van der Waals surface area contributed by atoms with E-state index in [0.29, 0.717) is 0 Å². The van der Waals surface area contributed by atoms with Crippen LogP contribution < -0.4 is 4.74 Å². The molecule has 0 spiro atoms. The van der Waals surface area contributed by atoms with Crippen LogP contribution in [0.4, 0.5) is 17.6 Å². The Morgan fingerprint density at radius 1 is 0.957 bits per heavy atom. The van der Waals surface area contributed by atoms with Crippen molar-refractivity contribution < 1.29 is 22.3 Å². The highest BCUT2D eigenvalue weighted by Crippen LogP contribution is 2.27. The minimum atomic E-state index is -4.04. The normalized spacial score (nSPS) is 11.2. The van der Waals surface area contributed by atoms with Gasteiger partial charge in [-0.2, -0.15) is 17.6 Å². The third-order valence-corrected chi connectivity index (χ3v) is 3.21. The Morgan fingerprint density at radius 2 is 1.48 bits per heavy atom. The van der Waals surface area contributed by atoms with Crippen molar-refractivity contribution in [2.75, 3.05) is 0 Å². The largest absolute Gasteiger partial charge is 0.429 e. The second-order valence-corrected chi connectivity index (χ2v) is 5.07. The predicted octanol–water partition coefficient (Wildman–Crippen LogP) is 6.06. The van der Waals surface area contributed by atoms with Gasteiger partial charge in [0, 0.05) is 0 Å². The molecular weight excluding hydrogens is 308 g/mol. The number of ether oxygens (including phenoxy) is 1. The number of hydrogen-bond donors (Lipinski definition) is 0. The van der Waals surface area contributed by atoms with Crippen LogP contribution in [0.1, 0.15) is 18.9 Å². The number of halogens is 4. The summed E-state index contributed by atoms with van der Waals surface area (Å²) in [6, 6.07) is 13.8. The smallest absolute Gasteiger partial charge is 0.425 e. The first-order chi connectivity index (χ1) is 10.9. The summed E-state index contributed by atoms with van der Waals surface area (Å²) in [6.07, 6.45) is -4.98. The quantitative estimate of drug-likeness (QED) is 0.587. The Balaban J connectivity index is 2.11. The molecule has 0 atom stereocenters. The highest BCUT2D eigenvalue weighted by molar-refractivity contribution is 5.64. The first-order valence-electron chi connectivity index (χ1n) is 7.19. The second-order valence-electron chi connectivity index (χ2n) is 5.07. The van der Waals surface area contributed by atoms with Crippen molar-refractivity contribution in [1.82, 2.24) is 0 Å². The minimum absolute atomic E-state index is 0.182. The average molecular weight is 324 g/mol. The molecule has 0 amide bonds. The van der Waals surface area contributed by atoms with Gasteiger partial charge in [-0.3, -0.25) is 0 Å². The van der Waals surface area contributed by atoms with Crippen molar-refractivity contribution in [2.45, 2.75) is 25.9 Å². The summed E-state index contributed by atoms with van der Waals surface area (Å²) in [5, 5.41) is 0. The number of aryl methyl sites for hydroxylation is 1. The number of hydrogen-bond acceptors (Lipinski definition) is 1. The topological polar surface area (TPSA) is 9.23 Å². The van der Waals surface area contributed by atoms with Crippen molar-refractivity contribution in [3.63, 3.8) is 0 Å². The molecule has 0 aliphatic heterocycles. The molecular formula is C18H16F4O. The van der Waals surface area contributed by atoms with Crippen molar-refractivity contribution in [2.24, 2.45) is 0 Å². The first kappa shape index (κ1) is 17.1. The zero-order valence-corrected chi connectivity index (χ0v) is 12.5. The van der Waals surface area contributed by atoms with E-state index in [9.17, 15) is 17.6 Å². The van der Waals surface area contributed by atoms with Gasteiger partial charge in [-0.15, -0.1) is 0 Å². The van der Waals surface area contributed by atoms with Crippen LogP contribution in [0.15, 0.2) is 60.7 Å². The van der Waals surface area contributed by atoms with Crippen LogP contribution >= 0.6 is 0 Å². The molecule has 0 fully saturated rings. The highest BCUT2D eigenvalue weighted by atomic mass is 19.3. The molecule has 0 radical (unpaired) electrons. The van der Waals surface area contributed by atoms with Gasteiger partial charge in [0.1, 0.15) is 5.75 Å². The van der Waals surface area contributed by atoms with Crippen molar-refractivity contribution in [3.8, 4) is 16.9 Å². The van der Waals surface area contributed by atoms with E-state index in [-0.39, 0.29) is 5.75 Å². The molecule has 0 aliphatic carbocycles. The van der Waals surface area contributed by atoms with Gasteiger partial charge >= 0.3 is 6.11 Å². The van der Waals surface area contributed by atoms with Crippen LogP contribution in [0.5, 0.6) is 5.75 Å². The molecule has 0 aliphatic rings. The van der Waals surface area contributed by atoms with E-state index in [1.807, 2.05) is 24.3 Å². The standard InChI is InChI=1S/C18H16F4O/c1-2-3-13-4-6-14(7-5-13)15-8-10-16(11-9-15)23-18(21,22)12-17(19)20/h4-12H,2-3H2,1H3. The fraction of sp³-hybridized carbons (Fsp3) is 0.222. The maximum Gasteiger partial charge on any atom is 0.425 e. The van der Waals surface area contributed by atoms with Gasteiger partial charge in [0.25, 0.3) is 6.08 Å². The van der Waals surface area contributed by atoms with Crippen LogP contribution in [0.2, 0.25) is 0 Å². The third kappa shape index (κ3) is 5.13. The van der Waals surface area contributed by atoms with E-state index < -0.39 is 18.3 Å². The molecule has 0 unspecified atom stereocenters. The van der Waals surface area contributed by atoms with Crippen LogP contribution in [0, 0.1) is 0 Å². The van der Waals surface area contributed by atoms with E-state index in [1.165, 1.54) is 17.7 Å². The molecule has 0 heterocycles. The van der Waals surface area contributed by atoms with Crippen LogP contribution in [-0.2, 0) is 6.42 Å². The van der Waals surface area contributed by atoms with Crippen LogP contribution in [0.3, 0.4) is 0 Å². The van der Waals surface area contributed by atoms with Gasteiger partial charge in [0.15, 0.2) is 0 Å². The summed E-state index contributed by atoms with van der Waals surface area (Å²) < 4.78 is 54.3. The average Bonchev–Trinajstić information content (AvgIpc) is 2.47. The molecule has 0 bridgehead atoms. The minimum Gasteiger partial charge on any atom is -0.429 e. The molecule has 0 aromatic heterocycles. The maximum absolute atomic E-state index is 13.1. The maximum atomic E-state index is 13.1. The molecule has 0 N–H and O–H groups in total. The van der Waals surface area contributed by atoms with E-state index >= 15 is 0 Å². The second kappa shape index (κ2) is 7.31. The number of benzene rings is 2. The predicted molar refractivity (Wildman–Crippen MR) is 81.7 cm³/mol. The summed E-state index contributed by atoms with van der Waals surface area (Å²) in [6.45, 7) is 2.10. The molecule has 23 heavy (non-hydrogen) atoms. The number of alkyl halides is 2. The van der Waals surface area contributed by atoms with Crippen LogP contribution in [0.25, 0.3) is 11.1 Å². The fourth-order valence-electron chi connectivity index (χ4n) is 2.18. The Hall–Kier alpha value is -2.30. The van der Waals surface area contributed by atoms with Gasteiger partial charge in [0.05, 0.1) is 6.08 Å². The van der Waals surface area contributed by atoms with Crippen molar-refractivity contribution in [3.05, 3.63) is 66.3 Å². The molecule has 2 aromatic carbocycles. The van der Waals surface area contributed by atoms with Gasteiger partial charge in [0.2, 0.25) is 0 Å². The van der Waals surface area contributed by atoms with E-state index in [2.05, 4.69) is 11.7 Å². The summed E-state index contributed by atoms with van der Waals surface area (Å²) >= 11 is 0. The van der Waals surface area contributed by atoms with E-state index in [1.54, 1.807) is 12.1 Å².